The number of hydrogen-bond acceptors (Lipinski definition) is 4. The molecule has 5 rings (SSSR count). The highest BCUT2D eigenvalue weighted by molar-refractivity contribution is 9.10. The van der Waals surface area contributed by atoms with Crippen molar-refractivity contribution in [3.8, 4) is 22.7 Å². The van der Waals surface area contributed by atoms with Gasteiger partial charge < -0.3 is 14.4 Å². The summed E-state index contributed by atoms with van der Waals surface area (Å²) in [7, 11) is 0. The van der Waals surface area contributed by atoms with E-state index in [0.29, 0.717) is 25.3 Å². The molecule has 0 saturated carbocycles. The zero-order valence-corrected chi connectivity index (χ0v) is 22.2. The molecule has 1 aromatic heterocycles. The predicted molar refractivity (Wildman–Crippen MR) is 143 cm³/mol. The van der Waals surface area contributed by atoms with Gasteiger partial charge in [0.15, 0.2) is 6.23 Å². The van der Waals surface area contributed by atoms with Gasteiger partial charge in [0.05, 0.1) is 12.3 Å². The molecule has 37 heavy (non-hydrogen) atoms. The van der Waals surface area contributed by atoms with Gasteiger partial charge in [-0.3, -0.25) is 4.79 Å². The van der Waals surface area contributed by atoms with Crippen LogP contribution in [0, 0.1) is 5.82 Å². The molecule has 1 amide bonds. The summed E-state index contributed by atoms with van der Waals surface area (Å²) in [6, 6.07) is 21.9. The number of carbonyl (C=O) groups excluding carboxylic acids is 1. The molecule has 1 saturated heterocycles. The topological polar surface area (TPSA) is 56.6 Å². The van der Waals surface area contributed by atoms with Gasteiger partial charge in [-0.15, -0.1) is 0 Å². The number of rotatable bonds is 8. The third kappa shape index (κ3) is 5.45. The number of hydrogen-bond donors (Lipinski definition) is 0. The maximum Gasteiger partial charge on any atom is 0.253 e. The molecule has 0 bridgehead atoms. The van der Waals surface area contributed by atoms with Crippen molar-refractivity contribution in [2.75, 3.05) is 13.2 Å². The third-order valence-electron chi connectivity index (χ3n) is 6.34. The molecule has 0 radical (unpaired) electrons. The van der Waals surface area contributed by atoms with E-state index in [2.05, 4.69) is 15.9 Å². The van der Waals surface area contributed by atoms with Crippen molar-refractivity contribution in [3.05, 3.63) is 100 Å². The Labute approximate surface area is 223 Å². The van der Waals surface area contributed by atoms with E-state index in [1.165, 1.54) is 12.1 Å². The molecule has 3 aromatic carbocycles. The van der Waals surface area contributed by atoms with E-state index >= 15 is 0 Å². The van der Waals surface area contributed by atoms with E-state index in [1.807, 2.05) is 61.7 Å². The highest BCUT2D eigenvalue weighted by Crippen LogP contribution is 2.37. The first kappa shape index (κ1) is 25.2. The summed E-state index contributed by atoms with van der Waals surface area (Å²) in [4.78, 5) is 14.9. The van der Waals surface area contributed by atoms with Crippen molar-refractivity contribution in [1.29, 1.82) is 0 Å². The molecular formula is C29H27BrFN3O3. The lowest BCUT2D eigenvalue weighted by Crippen LogP contribution is -2.32. The number of carbonyl (C=O) groups is 1. The van der Waals surface area contributed by atoms with Gasteiger partial charge in [-0.1, -0.05) is 28.1 Å². The minimum atomic E-state index is -0.616. The lowest BCUT2D eigenvalue weighted by atomic mass is 10.1. The fraction of sp³-hybridized carbons (Fsp3) is 0.241. The van der Waals surface area contributed by atoms with Crippen molar-refractivity contribution in [3.63, 3.8) is 0 Å². The summed E-state index contributed by atoms with van der Waals surface area (Å²) in [6.45, 7) is 4.81. The van der Waals surface area contributed by atoms with Gasteiger partial charge in [-0.2, -0.15) is 5.10 Å². The summed E-state index contributed by atoms with van der Waals surface area (Å²) in [5.74, 6) is 0.426. The number of ether oxygens (including phenoxy) is 2. The average Bonchev–Trinajstić information content (AvgIpc) is 3.46. The molecule has 1 fully saturated rings. The summed E-state index contributed by atoms with van der Waals surface area (Å²) in [5, 5.41) is 4.83. The third-order valence-corrected chi connectivity index (χ3v) is 6.87. The second-order valence-electron chi connectivity index (χ2n) is 8.85. The lowest BCUT2D eigenvalue weighted by molar-refractivity contribution is -0.130. The fourth-order valence-corrected chi connectivity index (χ4v) is 4.70. The summed E-state index contributed by atoms with van der Waals surface area (Å²) < 4.78 is 28.1. The van der Waals surface area contributed by atoms with Gasteiger partial charge in [0.1, 0.15) is 23.4 Å². The van der Waals surface area contributed by atoms with E-state index in [4.69, 9.17) is 14.6 Å². The van der Waals surface area contributed by atoms with E-state index < -0.39 is 12.3 Å². The Balaban J connectivity index is 1.48. The molecular weight excluding hydrogens is 537 g/mol. The van der Waals surface area contributed by atoms with Crippen molar-refractivity contribution >= 4 is 21.8 Å². The average molecular weight is 564 g/mol. The molecule has 8 heteroatoms. The van der Waals surface area contributed by atoms with Crippen LogP contribution in [-0.4, -0.2) is 39.8 Å². The Morgan fingerprint density at radius 2 is 1.73 bits per heavy atom. The molecule has 6 nitrogen and oxygen atoms in total. The SMILES string of the molecule is CCOc1ccc(CCN2C(=O)[C@@H](C)O[C@H]2c2cn(-c3ccc(Br)cc3)nc2-c2ccc(F)cc2)cc1. The standard InChI is InChI=1S/C29H27BrFN3O3/c1-3-36-25-14-4-20(5-15-25)16-17-33-28(35)19(2)37-29(33)26-18-34(24-12-8-22(30)9-13-24)32-27(26)21-6-10-23(31)11-7-21/h4-15,18-19,29H,3,16-17H2,1-2H3/t19-,29+/m1/s1. The smallest absolute Gasteiger partial charge is 0.253 e. The van der Waals surface area contributed by atoms with Crippen LogP contribution in [-0.2, 0) is 16.0 Å². The summed E-state index contributed by atoms with van der Waals surface area (Å²) >= 11 is 3.47. The van der Waals surface area contributed by atoms with Crippen LogP contribution < -0.4 is 4.74 Å². The quantitative estimate of drug-likeness (QED) is 0.251. The van der Waals surface area contributed by atoms with E-state index in [-0.39, 0.29) is 11.7 Å². The molecule has 0 spiro atoms. The maximum absolute atomic E-state index is 13.7. The number of benzene rings is 3. The highest BCUT2D eigenvalue weighted by atomic mass is 79.9. The summed E-state index contributed by atoms with van der Waals surface area (Å²) in [6.07, 6.45) is 1.36. The second-order valence-corrected chi connectivity index (χ2v) is 9.77. The van der Waals surface area contributed by atoms with Crippen LogP contribution in [0.4, 0.5) is 4.39 Å². The first-order valence-electron chi connectivity index (χ1n) is 12.2. The van der Waals surface area contributed by atoms with Crippen LogP contribution in [0.2, 0.25) is 0 Å². The molecule has 0 unspecified atom stereocenters. The van der Waals surface area contributed by atoms with E-state index in [0.717, 1.165) is 32.6 Å². The number of nitrogens with zero attached hydrogens (tertiary/aromatic N) is 3. The molecule has 0 aliphatic carbocycles. The Bertz CT molecular complexity index is 1370. The largest absolute Gasteiger partial charge is 0.494 e. The van der Waals surface area contributed by atoms with Gasteiger partial charge in [0, 0.05) is 28.3 Å². The number of aromatic nitrogens is 2. The Hall–Kier alpha value is -3.49. The summed E-state index contributed by atoms with van der Waals surface area (Å²) in [5.41, 5.74) is 4.09. The van der Waals surface area contributed by atoms with Crippen LogP contribution >= 0.6 is 15.9 Å². The van der Waals surface area contributed by atoms with Crippen molar-refractivity contribution in [2.24, 2.45) is 0 Å². The van der Waals surface area contributed by atoms with Gasteiger partial charge >= 0.3 is 0 Å². The minimum Gasteiger partial charge on any atom is -0.494 e. The highest BCUT2D eigenvalue weighted by Gasteiger charge is 2.40. The van der Waals surface area contributed by atoms with E-state index in [1.54, 1.807) is 28.6 Å². The van der Waals surface area contributed by atoms with Crippen LogP contribution in [0.1, 0.15) is 31.2 Å². The Morgan fingerprint density at radius 3 is 2.41 bits per heavy atom. The van der Waals surface area contributed by atoms with Gasteiger partial charge in [-0.05, 0) is 86.5 Å². The number of amides is 1. The Morgan fingerprint density at radius 1 is 1.03 bits per heavy atom. The zero-order valence-electron chi connectivity index (χ0n) is 20.6. The van der Waals surface area contributed by atoms with Crippen LogP contribution in [0.25, 0.3) is 16.9 Å². The molecule has 1 aliphatic heterocycles. The van der Waals surface area contributed by atoms with Crippen molar-refractivity contribution < 1.29 is 18.7 Å². The van der Waals surface area contributed by atoms with Gasteiger partial charge in [0.2, 0.25) is 0 Å². The van der Waals surface area contributed by atoms with Crippen LogP contribution in [0.15, 0.2) is 83.5 Å². The molecule has 0 N–H and O–H groups in total. The predicted octanol–water partition coefficient (Wildman–Crippen LogP) is 6.33. The first-order valence-corrected chi connectivity index (χ1v) is 13.0. The van der Waals surface area contributed by atoms with Crippen LogP contribution in [0.5, 0.6) is 5.75 Å². The normalized spacial score (nSPS) is 17.4. The minimum absolute atomic E-state index is 0.0719. The van der Waals surface area contributed by atoms with Crippen molar-refractivity contribution in [1.82, 2.24) is 14.7 Å². The van der Waals surface area contributed by atoms with Gasteiger partial charge in [-0.25, -0.2) is 9.07 Å². The molecule has 190 valence electrons. The molecule has 2 atom stereocenters. The van der Waals surface area contributed by atoms with E-state index in [9.17, 15) is 9.18 Å². The first-order chi connectivity index (χ1) is 17.9. The molecule has 2 heterocycles. The zero-order chi connectivity index (χ0) is 25.9. The molecule has 4 aromatic rings. The molecule has 1 aliphatic rings. The van der Waals surface area contributed by atoms with Crippen molar-refractivity contribution in [2.45, 2.75) is 32.6 Å². The lowest BCUT2D eigenvalue weighted by Gasteiger charge is -2.23. The van der Waals surface area contributed by atoms with Crippen LogP contribution in [0.3, 0.4) is 0 Å². The second kappa shape index (κ2) is 10.9. The monoisotopic (exact) mass is 563 g/mol. The Kier molecular flexibility index (Phi) is 7.39. The fourth-order valence-electron chi connectivity index (χ4n) is 4.44. The van der Waals surface area contributed by atoms with Gasteiger partial charge in [0.25, 0.3) is 5.91 Å². The number of halogens is 2. The maximum atomic E-state index is 13.7.